The van der Waals surface area contributed by atoms with Crippen molar-refractivity contribution < 1.29 is 34.8 Å². The second-order valence-corrected chi connectivity index (χ2v) is 6.95. The Hall–Kier alpha value is -1.18. The van der Waals surface area contributed by atoms with Crippen LogP contribution in [0.1, 0.15) is 66.2 Å². The van der Waals surface area contributed by atoms with Crippen LogP contribution in [0.15, 0.2) is 0 Å². The third kappa shape index (κ3) is 10.4. The number of aliphatic carboxylic acids is 1. The Labute approximate surface area is 150 Å². The lowest BCUT2D eigenvalue weighted by Gasteiger charge is -2.26. The topological polar surface area (TPSA) is 124 Å². The molecule has 148 valence electrons. The van der Waals surface area contributed by atoms with Crippen LogP contribution >= 0.6 is 0 Å². The molecule has 0 radical (unpaired) electrons. The minimum absolute atomic E-state index is 0.0321. The Morgan fingerprint density at radius 1 is 0.880 bits per heavy atom. The lowest BCUT2D eigenvalue weighted by Crippen LogP contribution is -2.32. The van der Waals surface area contributed by atoms with E-state index in [2.05, 4.69) is 0 Å². The Bertz CT molecular complexity index is 399. The first kappa shape index (κ1) is 23.8. The van der Waals surface area contributed by atoms with Crippen molar-refractivity contribution in [2.75, 3.05) is 0 Å². The van der Waals surface area contributed by atoms with Gasteiger partial charge in [0.15, 0.2) is 0 Å². The van der Waals surface area contributed by atoms with Gasteiger partial charge in [0.1, 0.15) is 6.10 Å². The summed E-state index contributed by atoms with van der Waals surface area (Å²) < 4.78 is 5.36. The van der Waals surface area contributed by atoms with E-state index in [1.165, 1.54) is 0 Å². The molecule has 0 aliphatic carbocycles. The number of aliphatic hydroxyl groups is 3. The summed E-state index contributed by atoms with van der Waals surface area (Å²) in [5.74, 6) is -1.74. The maximum atomic E-state index is 12.0. The third-order valence-corrected chi connectivity index (χ3v) is 4.69. The molecule has 0 aromatic heterocycles. The van der Waals surface area contributed by atoms with Gasteiger partial charge in [-0.3, -0.25) is 9.59 Å². The van der Waals surface area contributed by atoms with Gasteiger partial charge < -0.3 is 25.2 Å². The molecule has 6 atom stereocenters. The molecular formula is C18H34O7. The van der Waals surface area contributed by atoms with Crippen molar-refractivity contribution in [2.45, 2.75) is 90.6 Å². The van der Waals surface area contributed by atoms with Crippen LogP contribution in [-0.4, -0.2) is 56.8 Å². The third-order valence-electron chi connectivity index (χ3n) is 4.69. The molecule has 0 aromatic rings. The summed E-state index contributed by atoms with van der Waals surface area (Å²) in [6.45, 7) is 7.58. The van der Waals surface area contributed by atoms with Crippen molar-refractivity contribution in [2.24, 2.45) is 11.8 Å². The second-order valence-electron chi connectivity index (χ2n) is 6.95. The lowest BCUT2D eigenvalue weighted by molar-refractivity contribution is -0.156. The minimum atomic E-state index is -1.11. The monoisotopic (exact) mass is 362 g/mol. The van der Waals surface area contributed by atoms with E-state index in [4.69, 9.17) is 9.84 Å². The molecule has 4 N–H and O–H groups in total. The van der Waals surface area contributed by atoms with E-state index in [-0.39, 0.29) is 31.1 Å². The van der Waals surface area contributed by atoms with Gasteiger partial charge >= 0.3 is 11.9 Å². The van der Waals surface area contributed by atoms with E-state index >= 15 is 0 Å². The highest BCUT2D eigenvalue weighted by atomic mass is 16.5. The van der Waals surface area contributed by atoms with E-state index in [1.807, 2.05) is 27.7 Å². The van der Waals surface area contributed by atoms with Gasteiger partial charge in [-0.25, -0.2) is 0 Å². The zero-order valence-corrected chi connectivity index (χ0v) is 15.7. The van der Waals surface area contributed by atoms with E-state index in [0.29, 0.717) is 6.42 Å². The molecule has 7 heteroatoms. The van der Waals surface area contributed by atoms with Crippen LogP contribution in [0.5, 0.6) is 0 Å². The van der Waals surface area contributed by atoms with Crippen LogP contribution in [0.4, 0.5) is 0 Å². The Morgan fingerprint density at radius 3 is 1.88 bits per heavy atom. The number of hydrogen-bond acceptors (Lipinski definition) is 6. The number of rotatable bonds is 13. The maximum absolute atomic E-state index is 12.0. The van der Waals surface area contributed by atoms with E-state index < -0.39 is 42.8 Å². The van der Waals surface area contributed by atoms with Crippen molar-refractivity contribution in [3.63, 3.8) is 0 Å². The molecule has 0 heterocycles. The molecule has 0 bridgehead atoms. The molecule has 0 fully saturated rings. The fraction of sp³-hybridized carbons (Fsp3) is 0.889. The first-order valence-electron chi connectivity index (χ1n) is 9.05. The number of ether oxygens (including phenoxy) is 1. The van der Waals surface area contributed by atoms with Gasteiger partial charge in [0.05, 0.1) is 31.2 Å². The van der Waals surface area contributed by atoms with Crippen LogP contribution in [-0.2, 0) is 14.3 Å². The summed E-state index contributed by atoms with van der Waals surface area (Å²) in [6.07, 6.45) is -2.43. The SMILES string of the molecule is CC[C@H](C)[C@H](C[C@H](O)CC(=O)O)OC(=O)C[C@@H](O)C[C@H](O)[C@@H](C)CC. The van der Waals surface area contributed by atoms with E-state index in [1.54, 1.807) is 0 Å². The van der Waals surface area contributed by atoms with Crippen molar-refractivity contribution in [1.29, 1.82) is 0 Å². The van der Waals surface area contributed by atoms with E-state index in [9.17, 15) is 24.9 Å². The van der Waals surface area contributed by atoms with E-state index in [0.717, 1.165) is 6.42 Å². The highest BCUT2D eigenvalue weighted by Gasteiger charge is 2.26. The molecule has 0 saturated heterocycles. The normalized spacial score (nSPS) is 18.7. The van der Waals surface area contributed by atoms with Crippen LogP contribution in [0.3, 0.4) is 0 Å². The largest absolute Gasteiger partial charge is 0.481 e. The second kappa shape index (κ2) is 12.2. The molecule has 0 saturated carbocycles. The van der Waals surface area contributed by atoms with Gasteiger partial charge in [-0.1, -0.05) is 40.5 Å². The van der Waals surface area contributed by atoms with Crippen LogP contribution in [0.2, 0.25) is 0 Å². The fourth-order valence-corrected chi connectivity index (χ4v) is 2.49. The smallest absolute Gasteiger partial charge is 0.308 e. The summed E-state index contributed by atoms with van der Waals surface area (Å²) in [6, 6.07) is 0. The summed E-state index contributed by atoms with van der Waals surface area (Å²) in [4.78, 5) is 22.7. The minimum Gasteiger partial charge on any atom is -0.481 e. The number of esters is 1. The van der Waals surface area contributed by atoms with Gasteiger partial charge in [0.25, 0.3) is 0 Å². The number of carboxylic acids is 1. The highest BCUT2D eigenvalue weighted by molar-refractivity contribution is 5.70. The number of carbonyl (C=O) groups excluding carboxylic acids is 1. The molecule has 0 spiro atoms. The molecule has 0 aromatic carbocycles. The van der Waals surface area contributed by atoms with Crippen molar-refractivity contribution in [3.8, 4) is 0 Å². The Morgan fingerprint density at radius 2 is 1.40 bits per heavy atom. The standard InChI is InChI=1S/C18H34O7/c1-5-11(3)15(21)7-13(19)10-18(24)25-16(12(4)6-2)8-14(20)9-17(22)23/h11-16,19-21H,5-10H2,1-4H3,(H,22,23)/t11-,12-,13-,14-,15-,16-/m0/s1. The van der Waals surface area contributed by atoms with Crippen molar-refractivity contribution >= 4 is 11.9 Å². The van der Waals surface area contributed by atoms with Gasteiger partial charge in [-0.15, -0.1) is 0 Å². The van der Waals surface area contributed by atoms with Crippen LogP contribution in [0.25, 0.3) is 0 Å². The first-order chi connectivity index (χ1) is 11.6. The molecule has 0 amide bonds. The number of carbonyl (C=O) groups is 2. The Kier molecular flexibility index (Phi) is 11.6. The fourth-order valence-electron chi connectivity index (χ4n) is 2.49. The predicted molar refractivity (Wildman–Crippen MR) is 92.9 cm³/mol. The lowest BCUT2D eigenvalue weighted by atomic mass is 9.95. The zero-order valence-electron chi connectivity index (χ0n) is 15.7. The molecule has 0 aliphatic rings. The summed E-state index contributed by atoms with van der Waals surface area (Å²) in [5, 5.41) is 38.4. The molecule has 7 nitrogen and oxygen atoms in total. The van der Waals surface area contributed by atoms with Crippen LogP contribution < -0.4 is 0 Å². The van der Waals surface area contributed by atoms with Crippen molar-refractivity contribution in [3.05, 3.63) is 0 Å². The highest BCUT2D eigenvalue weighted by Crippen LogP contribution is 2.20. The summed E-state index contributed by atoms with van der Waals surface area (Å²) in [7, 11) is 0. The molecule has 0 aliphatic heterocycles. The number of aliphatic hydroxyl groups excluding tert-OH is 3. The van der Waals surface area contributed by atoms with Gasteiger partial charge in [0, 0.05) is 12.8 Å². The maximum Gasteiger partial charge on any atom is 0.308 e. The van der Waals surface area contributed by atoms with Gasteiger partial charge in [-0.05, 0) is 11.8 Å². The molecule has 0 rings (SSSR count). The van der Waals surface area contributed by atoms with Crippen LogP contribution in [0, 0.1) is 11.8 Å². The predicted octanol–water partition coefficient (Wildman–Crippen LogP) is 1.72. The summed E-state index contributed by atoms with van der Waals surface area (Å²) >= 11 is 0. The Balaban J connectivity index is 4.57. The quantitative estimate of drug-likeness (QED) is 0.368. The molecular weight excluding hydrogens is 328 g/mol. The first-order valence-corrected chi connectivity index (χ1v) is 9.05. The molecule has 25 heavy (non-hydrogen) atoms. The number of carboxylic acid groups (broad SMARTS) is 1. The van der Waals surface area contributed by atoms with Gasteiger partial charge in [0.2, 0.25) is 0 Å². The average molecular weight is 362 g/mol. The zero-order chi connectivity index (χ0) is 19.6. The average Bonchev–Trinajstić information content (AvgIpc) is 2.51. The van der Waals surface area contributed by atoms with Gasteiger partial charge in [-0.2, -0.15) is 0 Å². The summed E-state index contributed by atoms with van der Waals surface area (Å²) in [5.41, 5.74) is 0. The van der Waals surface area contributed by atoms with Crippen molar-refractivity contribution in [1.82, 2.24) is 0 Å². The molecule has 0 unspecified atom stereocenters. The number of hydrogen-bond donors (Lipinski definition) is 4.